The number of furan rings is 1. The van der Waals surface area contributed by atoms with Crippen molar-refractivity contribution in [2.75, 3.05) is 13.1 Å². The summed E-state index contributed by atoms with van der Waals surface area (Å²) < 4.78 is 5.06. The third-order valence-electron chi connectivity index (χ3n) is 2.42. The molecule has 0 aliphatic rings. The minimum Gasteiger partial charge on any atom is -0.467 e. The second kappa shape index (κ2) is 8.50. The summed E-state index contributed by atoms with van der Waals surface area (Å²) in [5, 5.41) is 11.5. The highest BCUT2D eigenvalue weighted by Crippen LogP contribution is 2.01. The molecular weight excluding hydrogens is 260 g/mol. The number of nitriles is 1. The zero-order valence-electron chi connectivity index (χ0n) is 10.9. The first-order valence-corrected chi connectivity index (χ1v) is 6.05. The van der Waals surface area contributed by atoms with Crippen molar-refractivity contribution < 1.29 is 14.0 Å². The fraction of sp³-hybridized carbons (Fsp3) is 0.308. The summed E-state index contributed by atoms with van der Waals surface area (Å²) >= 11 is 0. The van der Waals surface area contributed by atoms with E-state index in [4.69, 9.17) is 15.4 Å². The summed E-state index contributed by atoms with van der Waals surface area (Å²) in [6.45, 7) is 0.955. The molecule has 0 saturated heterocycles. The van der Waals surface area contributed by atoms with E-state index in [9.17, 15) is 9.59 Å². The number of hydrogen-bond donors (Lipinski definition) is 2. The van der Waals surface area contributed by atoms with Crippen molar-refractivity contribution in [3.63, 3.8) is 0 Å². The van der Waals surface area contributed by atoms with Crippen molar-refractivity contribution in [2.45, 2.75) is 13.0 Å². The van der Waals surface area contributed by atoms with Gasteiger partial charge in [0.15, 0.2) is 0 Å². The monoisotopic (exact) mass is 276 g/mol. The lowest BCUT2D eigenvalue weighted by molar-refractivity contribution is -0.117. The average Bonchev–Trinajstić information content (AvgIpc) is 2.98. The summed E-state index contributed by atoms with van der Waals surface area (Å²) in [7, 11) is 0. The fourth-order valence-electron chi connectivity index (χ4n) is 1.40. The summed E-state index contributed by atoms with van der Waals surface area (Å²) in [4.78, 5) is 23.8. The highest BCUT2D eigenvalue weighted by atomic mass is 16.3. The lowest BCUT2D eigenvalue weighted by atomic mass is 10.2. The number of carbonyl (C=O) groups excluding carboxylic acids is 2. The standard InChI is InChI=1S/C13H16N4O3/c14-4-2-5-17(10-18)9-11(7-15)13(19)16-8-12-3-1-6-20-12/h1,3,6,9-10H,2,4-5,8,14H2,(H,16,19)/b11-9-. The Morgan fingerprint density at radius 2 is 2.40 bits per heavy atom. The average molecular weight is 276 g/mol. The molecule has 3 N–H and O–H groups in total. The maximum Gasteiger partial charge on any atom is 0.263 e. The van der Waals surface area contributed by atoms with Crippen molar-refractivity contribution in [3.8, 4) is 6.07 Å². The second-order valence-corrected chi connectivity index (χ2v) is 3.90. The van der Waals surface area contributed by atoms with Gasteiger partial charge in [0.1, 0.15) is 17.4 Å². The van der Waals surface area contributed by atoms with Crippen LogP contribution in [0.5, 0.6) is 0 Å². The largest absolute Gasteiger partial charge is 0.467 e. The topological polar surface area (TPSA) is 112 Å². The maximum absolute atomic E-state index is 11.8. The van der Waals surface area contributed by atoms with Crippen molar-refractivity contribution in [3.05, 3.63) is 35.9 Å². The van der Waals surface area contributed by atoms with Gasteiger partial charge in [-0.15, -0.1) is 0 Å². The lowest BCUT2D eigenvalue weighted by Gasteiger charge is -2.12. The van der Waals surface area contributed by atoms with E-state index >= 15 is 0 Å². The predicted octanol–water partition coefficient (Wildman–Crippen LogP) is 0.110. The third-order valence-corrected chi connectivity index (χ3v) is 2.42. The van der Waals surface area contributed by atoms with Gasteiger partial charge in [-0.1, -0.05) is 0 Å². The highest BCUT2D eigenvalue weighted by molar-refractivity contribution is 5.97. The Morgan fingerprint density at radius 3 is 2.95 bits per heavy atom. The molecule has 7 heteroatoms. The number of nitrogens with two attached hydrogens (primary N) is 1. The molecule has 0 aliphatic carbocycles. The molecule has 1 heterocycles. The lowest BCUT2D eigenvalue weighted by Crippen LogP contribution is -2.26. The Labute approximate surface area is 116 Å². The van der Waals surface area contributed by atoms with Crippen LogP contribution in [0.15, 0.2) is 34.6 Å². The van der Waals surface area contributed by atoms with Crippen molar-refractivity contribution >= 4 is 12.3 Å². The van der Waals surface area contributed by atoms with Crippen LogP contribution in [0, 0.1) is 11.3 Å². The second-order valence-electron chi connectivity index (χ2n) is 3.90. The van der Waals surface area contributed by atoms with Gasteiger partial charge in [-0.3, -0.25) is 9.59 Å². The van der Waals surface area contributed by atoms with Crippen molar-refractivity contribution in [2.24, 2.45) is 5.73 Å². The third kappa shape index (κ3) is 4.96. The molecule has 1 aromatic heterocycles. The van der Waals surface area contributed by atoms with Crippen molar-refractivity contribution in [1.82, 2.24) is 10.2 Å². The number of rotatable bonds is 8. The molecule has 0 aromatic carbocycles. The Balaban J connectivity index is 2.61. The normalized spacial score (nSPS) is 10.7. The summed E-state index contributed by atoms with van der Waals surface area (Å²) in [6.07, 6.45) is 3.83. The zero-order valence-corrected chi connectivity index (χ0v) is 10.9. The van der Waals surface area contributed by atoms with Gasteiger partial charge in [0.2, 0.25) is 6.41 Å². The van der Waals surface area contributed by atoms with E-state index in [-0.39, 0.29) is 12.1 Å². The molecule has 0 radical (unpaired) electrons. The molecule has 0 aliphatic heterocycles. The van der Waals surface area contributed by atoms with E-state index in [1.165, 1.54) is 17.4 Å². The van der Waals surface area contributed by atoms with Crippen LogP contribution in [0.25, 0.3) is 0 Å². The van der Waals surface area contributed by atoms with E-state index in [1.807, 2.05) is 0 Å². The minimum atomic E-state index is -0.566. The van der Waals surface area contributed by atoms with E-state index in [1.54, 1.807) is 18.2 Å². The molecule has 2 amide bonds. The van der Waals surface area contributed by atoms with Crippen LogP contribution < -0.4 is 11.1 Å². The Bertz CT molecular complexity index is 502. The van der Waals surface area contributed by atoms with E-state index in [0.717, 1.165) is 0 Å². The van der Waals surface area contributed by atoms with Gasteiger partial charge in [0, 0.05) is 12.7 Å². The van der Waals surface area contributed by atoms with Crippen molar-refractivity contribution in [1.29, 1.82) is 5.26 Å². The van der Waals surface area contributed by atoms with Gasteiger partial charge in [-0.2, -0.15) is 5.26 Å². The number of carbonyl (C=O) groups is 2. The van der Waals surface area contributed by atoms with E-state index < -0.39 is 5.91 Å². The zero-order chi connectivity index (χ0) is 14.8. The number of hydrogen-bond acceptors (Lipinski definition) is 5. The first-order valence-electron chi connectivity index (χ1n) is 6.05. The van der Waals surface area contributed by atoms with E-state index in [0.29, 0.717) is 31.7 Å². The fourth-order valence-corrected chi connectivity index (χ4v) is 1.40. The molecule has 0 bridgehead atoms. The number of nitrogens with one attached hydrogen (secondary N) is 1. The molecule has 0 unspecified atom stereocenters. The first-order chi connectivity index (χ1) is 9.71. The SMILES string of the molecule is N#C/C(=C/N(C=O)CCCN)C(=O)NCc1ccco1. The van der Waals surface area contributed by atoms with Crippen LogP contribution in [0.2, 0.25) is 0 Å². The van der Waals surface area contributed by atoms with Crippen LogP contribution >= 0.6 is 0 Å². The quantitative estimate of drug-likeness (QED) is 0.397. The van der Waals surface area contributed by atoms with Gasteiger partial charge in [-0.05, 0) is 25.1 Å². The van der Waals surface area contributed by atoms with Gasteiger partial charge >= 0.3 is 0 Å². The van der Waals surface area contributed by atoms with Gasteiger partial charge in [-0.25, -0.2) is 0 Å². The highest BCUT2D eigenvalue weighted by Gasteiger charge is 2.11. The number of nitrogens with zero attached hydrogens (tertiary/aromatic N) is 2. The molecule has 1 rings (SSSR count). The molecule has 1 aromatic rings. The summed E-state index contributed by atoms with van der Waals surface area (Å²) in [5.41, 5.74) is 5.19. The molecule has 7 nitrogen and oxygen atoms in total. The molecule has 20 heavy (non-hydrogen) atoms. The van der Waals surface area contributed by atoms with Gasteiger partial charge in [0.05, 0.1) is 12.8 Å². The minimum absolute atomic E-state index is 0.152. The molecule has 106 valence electrons. The predicted molar refractivity (Wildman–Crippen MR) is 70.7 cm³/mol. The molecule has 0 spiro atoms. The van der Waals surface area contributed by atoms with E-state index in [2.05, 4.69) is 5.32 Å². The Hall–Kier alpha value is -2.59. The number of amides is 2. The van der Waals surface area contributed by atoms with Gasteiger partial charge in [0.25, 0.3) is 5.91 Å². The van der Waals surface area contributed by atoms with Crippen LogP contribution in [0.4, 0.5) is 0 Å². The van der Waals surface area contributed by atoms with Crippen LogP contribution in [0.1, 0.15) is 12.2 Å². The smallest absolute Gasteiger partial charge is 0.263 e. The molecule has 0 saturated carbocycles. The van der Waals surface area contributed by atoms with Gasteiger partial charge < -0.3 is 20.4 Å². The van der Waals surface area contributed by atoms with Crippen LogP contribution in [0.3, 0.4) is 0 Å². The Morgan fingerprint density at radius 1 is 1.60 bits per heavy atom. The first kappa shape index (κ1) is 15.5. The van der Waals surface area contributed by atoms with Crippen LogP contribution in [-0.4, -0.2) is 30.3 Å². The van der Waals surface area contributed by atoms with Crippen LogP contribution in [-0.2, 0) is 16.1 Å². The Kier molecular flexibility index (Phi) is 6.57. The molecule has 0 fully saturated rings. The summed E-state index contributed by atoms with van der Waals surface area (Å²) in [6, 6.07) is 5.16. The summed E-state index contributed by atoms with van der Waals surface area (Å²) in [5.74, 6) is 0.00881. The molecular formula is C13H16N4O3. The maximum atomic E-state index is 11.8. The molecule has 0 atom stereocenters.